The second-order valence-electron chi connectivity index (χ2n) is 4.70. The van der Waals surface area contributed by atoms with Gasteiger partial charge in [0.1, 0.15) is 10.8 Å². The largest absolute Gasteiger partial charge is 0.299 e. The number of hydrogen-bond donors (Lipinski definition) is 0. The summed E-state index contributed by atoms with van der Waals surface area (Å²) in [5, 5.41) is 2.91. The van der Waals surface area contributed by atoms with Gasteiger partial charge in [-0.3, -0.25) is 4.79 Å². The van der Waals surface area contributed by atoms with E-state index in [1.165, 1.54) is 11.1 Å². The maximum Gasteiger partial charge on any atom is 0.144 e. The van der Waals surface area contributed by atoms with Crippen molar-refractivity contribution in [3.63, 3.8) is 0 Å². The fraction of sp³-hybridized carbons (Fsp3) is 0.333. The van der Waals surface area contributed by atoms with Gasteiger partial charge in [0, 0.05) is 17.5 Å². The van der Waals surface area contributed by atoms with Crippen LogP contribution >= 0.6 is 11.3 Å². The highest BCUT2D eigenvalue weighted by Crippen LogP contribution is 2.14. The predicted octanol–water partition coefficient (Wildman–Crippen LogP) is 3.42. The maximum absolute atomic E-state index is 12.0. The van der Waals surface area contributed by atoms with Gasteiger partial charge in [0.15, 0.2) is 0 Å². The first kappa shape index (κ1) is 13.0. The smallest absolute Gasteiger partial charge is 0.144 e. The van der Waals surface area contributed by atoms with Crippen molar-refractivity contribution in [2.45, 2.75) is 33.6 Å². The molecule has 0 aliphatic heterocycles. The summed E-state index contributed by atoms with van der Waals surface area (Å²) in [6.07, 6.45) is 0.956. The quantitative estimate of drug-likeness (QED) is 0.842. The number of thiazole rings is 1. The lowest BCUT2D eigenvalue weighted by Gasteiger charge is -2.05. The summed E-state index contributed by atoms with van der Waals surface area (Å²) in [6, 6.07) is 6.25. The minimum absolute atomic E-state index is 0.234. The molecule has 2 rings (SSSR count). The van der Waals surface area contributed by atoms with E-state index in [1.54, 1.807) is 11.3 Å². The van der Waals surface area contributed by atoms with Crippen molar-refractivity contribution in [1.29, 1.82) is 0 Å². The van der Waals surface area contributed by atoms with Crippen LogP contribution in [-0.2, 0) is 17.6 Å². The van der Waals surface area contributed by atoms with E-state index in [1.807, 2.05) is 12.3 Å². The number of Topliss-reactive ketones (excluding diaryl/α,β-unsaturated/α-hetero) is 1. The molecule has 18 heavy (non-hydrogen) atoms. The first-order chi connectivity index (χ1) is 8.54. The molecule has 0 fully saturated rings. The number of ketones is 1. The first-order valence-corrected chi connectivity index (χ1v) is 6.91. The lowest BCUT2D eigenvalue weighted by atomic mass is 10.00. The Bertz CT molecular complexity index is 572. The number of carbonyl (C=O) groups is 1. The number of hydrogen-bond acceptors (Lipinski definition) is 3. The van der Waals surface area contributed by atoms with Crippen LogP contribution in [0.4, 0.5) is 0 Å². The monoisotopic (exact) mass is 259 g/mol. The Labute approximate surface area is 112 Å². The Balaban J connectivity index is 2.05. The Morgan fingerprint density at radius 3 is 2.67 bits per heavy atom. The molecule has 0 saturated carbocycles. The van der Waals surface area contributed by atoms with E-state index < -0.39 is 0 Å². The van der Waals surface area contributed by atoms with Crippen molar-refractivity contribution in [3.8, 4) is 0 Å². The van der Waals surface area contributed by atoms with Gasteiger partial charge in [-0.15, -0.1) is 11.3 Å². The van der Waals surface area contributed by atoms with Crippen molar-refractivity contribution in [3.05, 3.63) is 51.0 Å². The highest BCUT2D eigenvalue weighted by molar-refractivity contribution is 7.09. The van der Waals surface area contributed by atoms with Crippen LogP contribution in [-0.4, -0.2) is 10.8 Å². The van der Waals surface area contributed by atoms with E-state index in [0.29, 0.717) is 12.8 Å². The zero-order valence-electron chi connectivity index (χ0n) is 11.0. The van der Waals surface area contributed by atoms with E-state index in [4.69, 9.17) is 0 Å². The summed E-state index contributed by atoms with van der Waals surface area (Å²) in [4.78, 5) is 16.4. The van der Waals surface area contributed by atoms with E-state index in [2.05, 4.69) is 37.0 Å². The number of carbonyl (C=O) groups excluding carboxylic acids is 1. The molecular weight excluding hydrogens is 242 g/mol. The van der Waals surface area contributed by atoms with Crippen LogP contribution in [0.5, 0.6) is 0 Å². The minimum atomic E-state index is 0.234. The van der Waals surface area contributed by atoms with Gasteiger partial charge in [-0.25, -0.2) is 4.98 Å². The zero-order chi connectivity index (χ0) is 13.1. The summed E-state index contributed by atoms with van der Waals surface area (Å²) in [5.74, 6) is 0.234. The summed E-state index contributed by atoms with van der Waals surface area (Å²) in [6.45, 7) is 6.06. The first-order valence-electron chi connectivity index (χ1n) is 6.03. The van der Waals surface area contributed by atoms with Gasteiger partial charge >= 0.3 is 0 Å². The highest BCUT2D eigenvalue weighted by atomic mass is 32.1. The van der Waals surface area contributed by atoms with Crippen LogP contribution in [0.3, 0.4) is 0 Å². The molecule has 0 spiro atoms. The van der Waals surface area contributed by atoms with Crippen molar-refractivity contribution in [2.24, 2.45) is 0 Å². The molecule has 0 aliphatic carbocycles. The van der Waals surface area contributed by atoms with Crippen molar-refractivity contribution in [1.82, 2.24) is 4.98 Å². The van der Waals surface area contributed by atoms with Crippen LogP contribution in [0.1, 0.15) is 27.4 Å². The third kappa shape index (κ3) is 3.26. The minimum Gasteiger partial charge on any atom is -0.299 e. The summed E-state index contributed by atoms with van der Waals surface area (Å²) in [5.41, 5.74) is 4.51. The van der Waals surface area contributed by atoms with Gasteiger partial charge in [-0.1, -0.05) is 23.8 Å². The molecule has 0 N–H and O–H groups in total. The summed E-state index contributed by atoms with van der Waals surface area (Å²) >= 11 is 1.56. The van der Waals surface area contributed by atoms with Gasteiger partial charge in [-0.2, -0.15) is 0 Å². The molecule has 0 saturated heterocycles. The molecule has 2 nitrogen and oxygen atoms in total. The van der Waals surface area contributed by atoms with Crippen LogP contribution in [0.15, 0.2) is 23.6 Å². The van der Waals surface area contributed by atoms with Crippen LogP contribution in [0.2, 0.25) is 0 Å². The topological polar surface area (TPSA) is 30.0 Å². The van der Waals surface area contributed by atoms with Gasteiger partial charge in [0.2, 0.25) is 0 Å². The van der Waals surface area contributed by atoms with E-state index in [0.717, 1.165) is 16.3 Å². The molecule has 0 radical (unpaired) electrons. The Hall–Kier alpha value is -1.48. The van der Waals surface area contributed by atoms with E-state index >= 15 is 0 Å². The number of rotatable bonds is 4. The lowest BCUT2D eigenvalue weighted by molar-refractivity contribution is -0.117. The average molecular weight is 259 g/mol. The molecule has 1 aromatic carbocycles. The van der Waals surface area contributed by atoms with Crippen LogP contribution in [0.25, 0.3) is 0 Å². The van der Waals surface area contributed by atoms with E-state index in [-0.39, 0.29) is 5.78 Å². The number of benzene rings is 1. The predicted molar refractivity (Wildman–Crippen MR) is 75.2 cm³/mol. The highest BCUT2D eigenvalue weighted by Gasteiger charge is 2.09. The fourth-order valence-electron chi connectivity index (χ4n) is 1.92. The summed E-state index contributed by atoms with van der Waals surface area (Å²) < 4.78 is 0. The second kappa shape index (κ2) is 5.44. The molecule has 94 valence electrons. The second-order valence-corrected chi connectivity index (χ2v) is 5.65. The Kier molecular flexibility index (Phi) is 3.92. The van der Waals surface area contributed by atoms with Crippen LogP contribution < -0.4 is 0 Å². The molecule has 0 bridgehead atoms. The molecule has 1 aromatic heterocycles. The fourth-order valence-corrected chi connectivity index (χ4v) is 2.72. The number of aryl methyl sites for hydroxylation is 3. The van der Waals surface area contributed by atoms with Gasteiger partial charge in [0.25, 0.3) is 0 Å². The zero-order valence-corrected chi connectivity index (χ0v) is 11.8. The maximum atomic E-state index is 12.0. The van der Waals surface area contributed by atoms with Gasteiger partial charge < -0.3 is 0 Å². The standard InChI is InChI=1S/C15H17NOS/c1-10-4-5-11(2)13(6-10)7-14(17)8-15-16-12(3)9-18-15/h4-6,9H,7-8H2,1-3H3. The average Bonchev–Trinajstić information content (AvgIpc) is 2.69. The van der Waals surface area contributed by atoms with Crippen molar-refractivity contribution < 1.29 is 4.79 Å². The van der Waals surface area contributed by atoms with Crippen molar-refractivity contribution in [2.75, 3.05) is 0 Å². The van der Waals surface area contributed by atoms with Crippen molar-refractivity contribution >= 4 is 17.1 Å². The number of aromatic nitrogens is 1. The SMILES string of the molecule is Cc1ccc(C)c(CC(=O)Cc2nc(C)cs2)c1. The molecule has 0 aliphatic rings. The van der Waals surface area contributed by atoms with E-state index in [9.17, 15) is 4.79 Å². The molecule has 0 atom stereocenters. The normalized spacial score (nSPS) is 10.6. The molecule has 0 unspecified atom stereocenters. The van der Waals surface area contributed by atoms with Gasteiger partial charge in [-0.05, 0) is 31.9 Å². The van der Waals surface area contributed by atoms with Gasteiger partial charge in [0.05, 0.1) is 6.42 Å². The molecule has 1 heterocycles. The van der Waals surface area contributed by atoms with Crippen LogP contribution in [0, 0.1) is 20.8 Å². The number of nitrogens with zero attached hydrogens (tertiary/aromatic N) is 1. The molecular formula is C15H17NOS. The molecule has 3 heteroatoms. The third-order valence-electron chi connectivity index (χ3n) is 2.91. The molecule has 0 amide bonds. The Morgan fingerprint density at radius 1 is 1.22 bits per heavy atom. The third-order valence-corrected chi connectivity index (χ3v) is 3.87. The lowest BCUT2D eigenvalue weighted by Crippen LogP contribution is -2.07. The molecule has 2 aromatic rings. The summed E-state index contributed by atoms with van der Waals surface area (Å²) in [7, 11) is 0. The Morgan fingerprint density at radius 2 is 2.00 bits per heavy atom.